The van der Waals surface area contributed by atoms with Gasteiger partial charge in [0.15, 0.2) is 0 Å². The van der Waals surface area contributed by atoms with Crippen LogP contribution >= 0.6 is 0 Å². The Bertz CT molecular complexity index is 470. The summed E-state index contributed by atoms with van der Waals surface area (Å²) >= 11 is 0. The third kappa shape index (κ3) is 6.15. The zero-order chi connectivity index (χ0) is 14.3. The minimum Gasteiger partial charge on any atom is -0.392 e. The quantitative estimate of drug-likeness (QED) is 0.744. The zero-order valence-electron chi connectivity index (χ0n) is 11.3. The molecular weight excluding hydrogens is 266 g/mol. The van der Waals surface area contributed by atoms with Gasteiger partial charge in [-0.3, -0.25) is 0 Å². The van der Waals surface area contributed by atoms with Crippen LogP contribution in [-0.2, 0) is 27.1 Å². The largest absolute Gasteiger partial charge is 0.392 e. The highest BCUT2D eigenvalue weighted by Gasteiger charge is 2.13. The van der Waals surface area contributed by atoms with E-state index >= 15 is 0 Å². The second kappa shape index (κ2) is 7.59. The number of aliphatic hydroxyl groups is 1. The topological polar surface area (TPSA) is 75.6 Å². The van der Waals surface area contributed by atoms with Gasteiger partial charge in [-0.1, -0.05) is 31.2 Å². The minimum atomic E-state index is -3.34. The van der Waals surface area contributed by atoms with E-state index in [0.29, 0.717) is 18.7 Å². The number of benzene rings is 1. The molecule has 5 nitrogen and oxygen atoms in total. The van der Waals surface area contributed by atoms with Gasteiger partial charge in [-0.25, -0.2) is 13.1 Å². The lowest BCUT2D eigenvalue weighted by molar-refractivity contribution is 0.161. The molecule has 0 aromatic heterocycles. The lowest BCUT2D eigenvalue weighted by Crippen LogP contribution is -2.30. The second-order valence-electron chi connectivity index (χ2n) is 4.64. The number of nitrogens with one attached hydrogen (secondary N) is 1. The molecule has 0 bridgehead atoms. The van der Waals surface area contributed by atoms with E-state index in [9.17, 15) is 8.42 Å². The predicted molar refractivity (Wildman–Crippen MR) is 74.0 cm³/mol. The fourth-order valence-electron chi connectivity index (χ4n) is 1.62. The Hall–Kier alpha value is -0.950. The van der Waals surface area contributed by atoms with Gasteiger partial charge in [-0.15, -0.1) is 0 Å². The molecule has 1 aromatic carbocycles. The van der Waals surface area contributed by atoms with E-state index < -0.39 is 10.0 Å². The van der Waals surface area contributed by atoms with Crippen molar-refractivity contribution >= 4 is 10.0 Å². The van der Waals surface area contributed by atoms with E-state index in [1.165, 1.54) is 0 Å². The molecule has 1 atom stereocenters. The van der Waals surface area contributed by atoms with E-state index in [0.717, 1.165) is 5.56 Å². The lowest BCUT2D eigenvalue weighted by Gasteiger charge is -2.12. The van der Waals surface area contributed by atoms with Crippen LogP contribution in [0.1, 0.15) is 18.1 Å². The normalized spacial score (nSPS) is 13.4. The van der Waals surface area contributed by atoms with Crippen molar-refractivity contribution in [3.63, 3.8) is 0 Å². The van der Waals surface area contributed by atoms with Gasteiger partial charge < -0.3 is 9.84 Å². The molecule has 0 saturated carbocycles. The van der Waals surface area contributed by atoms with Crippen LogP contribution in [0.5, 0.6) is 0 Å². The van der Waals surface area contributed by atoms with E-state index in [-0.39, 0.29) is 18.3 Å². The van der Waals surface area contributed by atoms with Crippen molar-refractivity contribution in [1.29, 1.82) is 0 Å². The summed E-state index contributed by atoms with van der Waals surface area (Å²) in [6.45, 7) is 2.76. The van der Waals surface area contributed by atoms with Gasteiger partial charge in [0.25, 0.3) is 0 Å². The number of methoxy groups -OCH3 is 1. The molecule has 0 amide bonds. The minimum absolute atomic E-state index is 0.0419. The third-order valence-electron chi connectivity index (χ3n) is 2.67. The molecule has 0 saturated heterocycles. The SMILES string of the molecule is COCC(C)CNS(=O)(=O)Cc1ccc(CO)cc1. The Kier molecular flexibility index (Phi) is 6.44. The van der Waals surface area contributed by atoms with E-state index in [4.69, 9.17) is 9.84 Å². The summed E-state index contributed by atoms with van der Waals surface area (Å²) < 4.78 is 31.2. The van der Waals surface area contributed by atoms with Crippen LogP contribution in [0, 0.1) is 5.92 Å². The summed E-state index contributed by atoms with van der Waals surface area (Å²) in [7, 11) is -1.74. The Morgan fingerprint density at radius 1 is 1.26 bits per heavy atom. The second-order valence-corrected chi connectivity index (χ2v) is 6.45. The Balaban J connectivity index is 2.53. The maximum absolute atomic E-state index is 11.9. The van der Waals surface area contributed by atoms with Gasteiger partial charge in [0, 0.05) is 20.3 Å². The number of hydrogen-bond donors (Lipinski definition) is 2. The highest BCUT2D eigenvalue weighted by Crippen LogP contribution is 2.08. The van der Waals surface area contributed by atoms with E-state index in [1.807, 2.05) is 6.92 Å². The average Bonchev–Trinajstić information content (AvgIpc) is 2.37. The summed E-state index contributed by atoms with van der Waals surface area (Å²) in [4.78, 5) is 0. The predicted octanol–water partition coefficient (Wildman–Crippen LogP) is 0.881. The summed E-state index contributed by atoms with van der Waals surface area (Å²) in [5, 5.41) is 8.91. The van der Waals surface area contributed by atoms with Crippen LogP contribution in [0.2, 0.25) is 0 Å². The highest BCUT2D eigenvalue weighted by molar-refractivity contribution is 7.88. The first kappa shape index (κ1) is 16.1. The number of sulfonamides is 1. The van der Waals surface area contributed by atoms with Crippen molar-refractivity contribution in [3.8, 4) is 0 Å². The maximum Gasteiger partial charge on any atom is 0.215 e. The van der Waals surface area contributed by atoms with E-state index in [2.05, 4.69) is 4.72 Å². The molecule has 0 heterocycles. The molecule has 1 aromatic rings. The number of aliphatic hydroxyl groups excluding tert-OH is 1. The lowest BCUT2D eigenvalue weighted by atomic mass is 10.2. The third-order valence-corrected chi connectivity index (χ3v) is 3.98. The zero-order valence-corrected chi connectivity index (χ0v) is 12.1. The molecule has 6 heteroatoms. The van der Waals surface area contributed by atoms with Gasteiger partial charge >= 0.3 is 0 Å². The van der Waals surface area contributed by atoms with Crippen molar-refractivity contribution in [2.24, 2.45) is 5.92 Å². The molecule has 1 rings (SSSR count). The standard InChI is InChI=1S/C13H21NO4S/c1-11(9-18-2)7-14-19(16,17)10-13-5-3-12(8-15)4-6-13/h3-6,11,14-15H,7-10H2,1-2H3. The Morgan fingerprint density at radius 2 is 1.84 bits per heavy atom. The van der Waals surface area contributed by atoms with Crippen molar-refractivity contribution in [1.82, 2.24) is 4.72 Å². The summed E-state index contributed by atoms with van der Waals surface area (Å²) in [6, 6.07) is 6.86. The van der Waals surface area contributed by atoms with Gasteiger partial charge in [0.1, 0.15) is 0 Å². The Morgan fingerprint density at radius 3 is 2.37 bits per heavy atom. The molecule has 1 unspecified atom stereocenters. The van der Waals surface area contributed by atoms with E-state index in [1.54, 1.807) is 31.4 Å². The van der Waals surface area contributed by atoms with Crippen LogP contribution in [-0.4, -0.2) is 33.8 Å². The Labute approximate surface area is 114 Å². The molecule has 19 heavy (non-hydrogen) atoms. The fourth-order valence-corrected chi connectivity index (χ4v) is 2.90. The molecule has 0 fully saturated rings. The molecule has 0 aliphatic rings. The van der Waals surface area contributed by atoms with Crippen LogP contribution < -0.4 is 4.72 Å². The first-order chi connectivity index (χ1) is 8.96. The van der Waals surface area contributed by atoms with Crippen molar-refractivity contribution in [2.75, 3.05) is 20.3 Å². The molecule has 0 spiro atoms. The van der Waals surface area contributed by atoms with Crippen LogP contribution in [0.15, 0.2) is 24.3 Å². The first-order valence-corrected chi connectivity index (χ1v) is 7.77. The van der Waals surface area contributed by atoms with Gasteiger partial charge in [-0.2, -0.15) is 0 Å². The maximum atomic E-state index is 11.9. The molecule has 0 radical (unpaired) electrons. The van der Waals surface area contributed by atoms with Crippen molar-refractivity contribution < 1.29 is 18.3 Å². The van der Waals surface area contributed by atoms with Crippen molar-refractivity contribution in [3.05, 3.63) is 35.4 Å². The molecule has 0 aliphatic heterocycles. The summed E-state index contributed by atoms with van der Waals surface area (Å²) in [6.07, 6.45) is 0. The number of ether oxygens (including phenoxy) is 1. The molecular formula is C13H21NO4S. The molecule has 2 N–H and O–H groups in total. The van der Waals surface area contributed by atoms with Crippen molar-refractivity contribution in [2.45, 2.75) is 19.3 Å². The monoisotopic (exact) mass is 287 g/mol. The molecule has 0 aliphatic carbocycles. The number of hydrogen-bond acceptors (Lipinski definition) is 4. The average molecular weight is 287 g/mol. The highest BCUT2D eigenvalue weighted by atomic mass is 32.2. The van der Waals surface area contributed by atoms with Gasteiger partial charge in [0.2, 0.25) is 10.0 Å². The van der Waals surface area contributed by atoms with Gasteiger partial charge in [-0.05, 0) is 17.0 Å². The smallest absolute Gasteiger partial charge is 0.215 e. The number of rotatable bonds is 8. The summed E-state index contributed by atoms with van der Waals surface area (Å²) in [5.74, 6) is 0.0786. The fraction of sp³-hybridized carbons (Fsp3) is 0.538. The van der Waals surface area contributed by atoms with Crippen LogP contribution in [0.25, 0.3) is 0 Å². The molecule has 108 valence electrons. The first-order valence-electron chi connectivity index (χ1n) is 6.12. The van der Waals surface area contributed by atoms with Crippen LogP contribution in [0.4, 0.5) is 0 Å². The van der Waals surface area contributed by atoms with Gasteiger partial charge in [0.05, 0.1) is 12.4 Å². The van der Waals surface area contributed by atoms with Crippen LogP contribution in [0.3, 0.4) is 0 Å². The summed E-state index contributed by atoms with van der Waals surface area (Å²) in [5.41, 5.74) is 1.46.